The van der Waals surface area contributed by atoms with Crippen molar-refractivity contribution in [2.24, 2.45) is 5.73 Å². The summed E-state index contributed by atoms with van der Waals surface area (Å²) in [5.74, 6) is 0.756. The fourth-order valence-electron chi connectivity index (χ4n) is 3.42. The van der Waals surface area contributed by atoms with Crippen LogP contribution in [-0.4, -0.2) is 36.0 Å². The third-order valence-corrected chi connectivity index (χ3v) is 4.91. The van der Waals surface area contributed by atoms with Gasteiger partial charge in [0.05, 0.1) is 5.69 Å². The predicted molar refractivity (Wildman–Crippen MR) is 120 cm³/mol. The van der Waals surface area contributed by atoms with Gasteiger partial charge in [-0.2, -0.15) is 0 Å². The van der Waals surface area contributed by atoms with Crippen molar-refractivity contribution in [1.29, 1.82) is 0 Å². The van der Waals surface area contributed by atoms with Gasteiger partial charge in [-0.25, -0.2) is 4.79 Å². The maximum absolute atomic E-state index is 12.7. The van der Waals surface area contributed by atoms with E-state index in [-0.39, 0.29) is 6.09 Å². The minimum absolute atomic E-state index is 0.261. The Kier molecular flexibility index (Phi) is 7.21. The molecule has 0 bridgehead atoms. The molecule has 162 valence electrons. The summed E-state index contributed by atoms with van der Waals surface area (Å²) in [7, 11) is 0. The number of amides is 1. The van der Waals surface area contributed by atoms with E-state index in [0.717, 1.165) is 42.7 Å². The number of unbranched alkanes of at least 4 members (excludes halogenated alkanes) is 1. The molecule has 0 saturated carbocycles. The first-order valence-corrected chi connectivity index (χ1v) is 10.6. The van der Waals surface area contributed by atoms with Crippen LogP contribution in [0.4, 0.5) is 10.5 Å². The summed E-state index contributed by atoms with van der Waals surface area (Å²) in [5.41, 5.74) is 8.58. The molecule has 3 rings (SSSR count). The summed E-state index contributed by atoms with van der Waals surface area (Å²) in [6.45, 7) is 6.96. The number of hydrogen-bond donors (Lipinski definition) is 2. The highest BCUT2D eigenvalue weighted by atomic mass is 16.6. The average molecular weight is 412 g/mol. The predicted octanol–water partition coefficient (Wildman–Crippen LogP) is 4.54. The van der Waals surface area contributed by atoms with Crippen molar-refractivity contribution >= 4 is 11.8 Å². The summed E-state index contributed by atoms with van der Waals surface area (Å²) >= 11 is 0. The molecular formula is C24H33N3O3. The number of benzene rings is 2. The molecule has 0 fully saturated rings. The lowest BCUT2D eigenvalue weighted by molar-refractivity contribution is 0.0249. The van der Waals surface area contributed by atoms with Crippen LogP contribution in [0.25, 0.3) is 0 Å². The summed E-state index contributed by atoms with van der Waals surface area (Å²) in [4.78, 5) is 14.5. The maximum atomic E-state index is 12.7. The van der Waals surface area contributed by atoms with Crippen molar-refractivity contribution in [3.05, 3.63) is 59.7 Å². The minimum Gasteiger partial charge on any atom is -0.456 e. The molecule has 1 unspecified atom stereocenters. The van der Waals surface area contributed by atoms with Crippen molar-refractivity contribution < 1.29 is 14.3 Å². The molecule has 0 spiro atoms. The van der Waals surface area contributed by atoms with Gasteiger partial charge in [0.2, 0.25) is 6.35 Å². The zero-order valence-corrected chi connectivity index (χ0v) is 18.2. The van der Waals surface area contributed by atoms with E-state index in [1.165, 1.54) is 5.56 Å². The first-order valence-electron chi connectivity index (χ1n) is 10.6. The summed E-state index contributed by atoms with van der Waals surface area (Å²) in [6, 6.07) is 16.4. The highest BCUT2D eigenvalue weighted by molar-refractivity contribution is 5.68. The molecule has 30 heavy (non-hydrogen) atoms. The van der Waals surface area contributed by atoms with Gasteiger partial charge in [-0.15, -0.1) is 0 Å². The first-order chi connectivity index (χ1) is 14.3. The van der Waals surface area contributed by atoms with Crippen LogP contribution >= 0.6 is 0 Å². The number of fused-ring (bicyclic) bond motifs is 1. The Morgan fingerprint density at radius 2 is 1.83 bits per heavy atom. The number of carbonyl (C=O) groups excluding carboxylic acids is 1. The van der Waals surface area contributed by atoms with E-state index in [1.54, 1.807) is 0 Å². The normalized spacial score (nSPS) is 15.1. The SMILES string of the molecule is CC(C)(C)OC(=O)N(CCCCc1ccccc1)CCc1ccc2c(c1)OC(N)N2. The molecule has 1 aliphatic rings. The van der Waals surface area contributed by atoms with E-state index in [4.69, 9.17) is 15.2 Å². The Labute approximate surface area is 179 Å². The van der Waals surface area contributed by atoms with E-state index in [9.17, 15) is 4.79 Å². The smallest absolute Gasteiger partial charge is 0.410 e. The van der Waals surface area contributed by atoms with E-state index in [2.05, 4.69) is 29.6 Å². The molecule has 0 aromatic heterocycles. The van der Waals surface area contributed by atoms with Gasteiger partial charge in [0.1, 0.15) is 11.4 Å². The summed E-state index contributed by atoms with van der Waals surface area (Å²) < 4.78 is 11.2. The van der Waals surface area contributed by atoms with Gasteiger partial charge >= 0.3 is 6.09 Å². The van der Waals surface area contributed by atoms with Crippen molar-refractivity contribution in [2.75, 3.05) is 18.4 Å². The quantitative estimate of drug-likeness (QED) is 0.624. The zero-order chi connectivity index (χ0) is 21.6. The number of rotatable bonds is 8. The lowest BCUT2D eigenvalue weighted by atomic mass is 10.1. The summed E-state index contributed by atoms with van der Waals surface area (Å²) in [6.07, 6.45) is 2.93. The number of aryl methyl sites for hydroxylation is 1. The molecule has 1 amide bonds. The van der Waals surface area contributed by atoms with Crippen LogP contribution in [0.15, 0.2) is 48.5 Å². The number of hydrogen-bond acceptors (Lipinski definition) is 5. The fourth-order valence-corrected chi connectivity index (χ4v) is 3.42. The molecule has 6 nitrogen and oxygen atoms in total. The Bertz CT molecular complexity index is 833. The average Bonchev–Trinajstić information content (AvgIpc) is 3.06. The highest BCUT2D eigenvalue weighted by Gasteiger charge is 2.22. The largest absolute Gasteiger partial charge is 0.456 e. The van der Waals surface area contributed by atoms with Crippen molar-refractivity contribution in [3.63, 3.8) is 0 Å². The second kappa shape index (κ2) is 9.85. The van der Waals surface area contributed by atoms with Crippen LogP contribution in [0.1, 0.15) is 44.7 Å². The number of carbonyl (C=O) groups is 1. The molecule has 0 aliphatic carbocycles. The van der Waals surface area contributed by atoms with Crippen molar-refractivity contribution in [1.82, 2.24) is 4.90 Å². The molecular weight excluding hydrogens is 378 g/mol. The molecule has 1 atom stereocenters. The standard InChI is InChI=1S/C24H33N3O3/c1-24(2,3)30-23(28)27(15-8-7-11-18-9-5-4-6-10-18)16-14-19-12-13-20-21(17-19)29-22(25)26-20/h4-6,9-10,12-13,17,22,26H,7-8,11,14-16,25H2,1-3H3. The Morgan fingerprint density at radius 1 is 1.07 bits per heavy atom. The van der Waals surface area contributed by atoms with E-state index in [1.807, 2.05) is 49.9 Å². The molecule has 1 heterocycles. The second-order valence-corrected chi connectivity index (χ2v) is 8.67. The van der Waals surface area contributed by atoms with Crippen molar-refractivity contribution in [2.45, 2.75) is 58.4 Å². The van der Waals surface area contributed by atoms with Crippen LogP contribution < -0.4 is 15.8 Å². The molecule has 0 saturated heterocycles. The Morgan fingerprint density at radius 3 is 2.57 bits per heavy atom. The molecule has 2 aromatic carbocycles. The number of nitrogens with one attached hydrogen (secondary N) is 1. The summed E-state index contributed by atoms with van der Waals surface area (Å²) in [5, 5.41) is 3.05. The maximum Gasteiger partial charge on any atom is 0.410 e. The molecule has 0 radical (unpaired) electrons. The fraction of sp³-hybridized carbons (Fsp3) is 0.458. The van der Waals surface area contributed by atoms with Crippen LogP contribution in [0.3, 0.4) is 0 Å². The lowest BCUT2D eigenvalue weighted by Crippen LogP contribution is -2.38. The Hall–Kier alpha value is -2.73. The van der Waals surface area contributed by atoms with Gasteiger partial charge in [-0.05, 0) is 69.7 Å². The van der Waals surface area contributed by atoms with E-state index in [0.29, 0.717) is 13.1 Å². The molecule has 6 heteroatoms. The number of anilines is 1. The van der Waals surface area contributed by atoms with Gasteiger partial charge in [0.25, 0.3) is 0 Å². The van der Waals surface area contributed by atoms with Gasteiger partial charge < -0.3 is 19.7 Å². The van der Waals surface area contributed by atoms with Gasteiger partial charge in [-0.3, -0.25) is 5.73 Å². The van der Waals surface area contributed by atoms with E-state index < -0.39 is 12.0 Å². The third-order valence-electron chi connectivity index (χ3n) is 4.91. The van der Waals surface area contributed by atoms with Crippen molar-refractivity contribution in [3.8, 4) is 5.75 Å². The number of nitrogens with zero attached hydrogens (tertiary/aromatic N) is 1. The van der Waals surface area contributed by atoms with Gasteiger partial charge in [0, 0.05) is 13.1 Å². The van der Waals surface area contributed by atoms with Crippen LogP contribution in [0.2, 0.25) is 0 Å². The van der Waals surface area contributed by atoms with E-state index >= 15 is 0 Å². The van der Waals surface area contributed by atoms with Gasteiger partial charge in [0.15, 0.2) is 0 Å². The van der Waals surface area contributed by atoms with Gasteiger partial charge in [-0.1, -0.05) is 36.4 Å². The topological polar surface area (TPSA) is 76.8 Å². The molecule has 2 aromatic rings. The third kappa shape index (κ3) is 6.66. The molecule has 3 N–H and O–H groups in total. The zero-order valence-electron chi connectivity index (χ0n) is 18.2. The highest BCUT2D eigenvalue weighted by Crippen LogP contribution is 2.31. The minimum atomic E-state index is -0.511. The first kappa shape index (κ1) is 22.0. The van der Waals surface area contributed by atoms with Crippen LogP contribution in [-0.2, 0) is 17.6 Å². The van der Waals surface area contributed by atoms with Crippen LogP contribution in [0, 0.1) is 0 Å². The number of ether oxygens (including phenoxy) is 2. The molecule has 1 aliphatic heterocycles. The lowest BCUT2D eigenvalue weighted by Gasteiger charge is -2.27. The monoisotopic (exact) mass is 411 g/mol. The number of nitrogens with two attached hydrogens (primary N) is 1. The van der Waals surface area contributed by atoms with Crippen LogP contribution in [0.5, 0.6) is 5.75 Å². The Balaban J connectivity index is 1.55. The second-order valence-electron chi connectivity index (χ2n) is 8.67.